The fourth-order valence-corrected chi connectivity index (χ4v) is 4.14. The van der Waals surface area contributed by atoms with Crippen molar-refractivity contribution in [3.63, 3.8) is 0 Å². The highest BCUT2D eigenvalue weighted by atomic mass is 16.1. The van der Waals surface area contributed by atoms with Crippen molar-refractivity contribution in [2.24, 2.45) is 0 Å². The summed E-state index contributed by atoms with van der Waals surface area (Å²) >= 11 is 0. The molecule has 0 unspecified atom stereocenters. The predicted octanol–water partition coefficient (Wildman–Crippen LogP) is 1.48. The number of nitrogens with one attached hydrogen (secondary N) is 3. The average Bonchev–Trinajstić information content (AvgIpc) is 3.20. The standard InChI is InChI=1S/C20H21N7O/c21-16-2-1-12(10-24-16)18-23-6-3-14(27-18)15-9-13-17(26-15)20(11-25-19(13)28)4-7-22-8-5-20/h1-3,6,9-10,22,26H,4-5,7-8,11H2,(H2,21,24)(H,25,28). The van der Waals surface area contributed by atoms with Crippen molar-refractivity contribution in [2.45, 2.75) is 18.3 Å². The molecule has 5 heterocycles. The van der Waals surface area contributed by atoms with Crippen LogP contribution in [0.3, 0.4) is 0 Å². The molecule has 1 amide bonds. The van der Waals surface area contributed by atoms with Crippen molar-refractivity contribution in [3.8, 4) is 22.8 Å². The molecule has 142 valence electrons. The molecule has 0 aromatic carbocycles. The molecule has 0 saturated carbocycles. The van der Waals surface area contributed by atoms with E-state index in [9.17, 15) is 4.79 Å². The number of H-pyrrole nitrogens is 1. The van der Waals surface area contributed by atoms with Crippen LogP contribution in [0.2, 0.25) is 0 Å². The van der Waals surface area contributed by atoms with Gasteiger partial charge in [-0.15, -0.1) is 0 Å². The number of nitrogen functional groups attached to an aromatic ring is 1. The fraction of sp³-hybridized carbons (Fsp3) is 0.300. The summed E-state index contributed by atoms with van der Waals surface area (Å²) in [5.74, 6) is 0.993. The number of nitrogens with two attached hydrogens (primary N) is 1. The molecule has 3 aromatic rings. The van der Waals surface area contributed by atoms with E-state index in [1.807, 2.05) is 18.2 Å². The molecule has 5 N–H and O–H groups in total. The van der Waals surface area contributed by atoms with Crippen LogP contribution in [0.5, 0.6) is 0 Å². The Morgan fingerprint density at radius 3 is 2.75 bits per heavy atom. The third-order valence-corrected chi connectivity index (χ3v) is 5.72. The molecule has 5 rings (SSSR count). The lowest BCUT2D eigenvalue weighted by atomic mass is 9.73. The van der Waals surface area contributed by atoms with Crippen LogP contribution in [0, 0.1) is 0 Å². The first-order valence-electron chi connectivity index (χ1n) is 9.42. The zero-order chi connectivity index (χ0) is 19.1. The van der Waals surface area contributed by atoms with Gasteiger partial charge in [0, 0.05) is 35.6 Å². The monoisotopic (exact) mass is 375 g/mol. The quantitative estimate of drug-likeness (QED) is 0.538. The van der Waals surface area contributed by atoms with Gasteiger partial charge in [-0.2, -0.15) is 0 Å². The van der Waals surface area contributed by atoms with E-state index in [-0.39, 0.29) is 11.3 Å². The van der Waals surface area contributed by atoms with Gasteiger partial charge in [-0.25, -0.2) is 15.0 Å². The Balaban J connectivity index is 1.56. The molecule has 2 aliphatic rings. The molecule has 0 aliphatic carbocycles. The number of carbonyl (C=O) groups is 1. The maximum Gasteiger partial charge on any atom is 0.253 e. The van der Waals surface area contributed by atoms with Gasteiger partial charge in [0.2, 0.25) is 0 Å². The minimum Gasteiger partial charge on any atom is -0.384 e. The molecule has 0 atom stereocenters. The van der Waals surface area contributed by atoms with Crippen LogP contribution >= 0.6 is 0 Å². The van der Waals surface area contributed by atoms with Gasteiger partial charge in [-0.1, -0.05) is 0 Å². The van der Waals surface area contributed by atoms with E-state index >= 15 is 0 Å². The summed E-state index contributed by atoms with van der Waals surface area (Å²) in [5, 5.41) is 6.47. The van der Waals surface area contributed by atoms with Gasteiger partial charge in [0.05, 0.1) is 17.0 Å². The molecule has 1 spiro atoms. The summed E-state index contributed by atoms with van der Waals surface area (Å²) in [5.41, 5.74) is 9.74. The molecule has 2 aliphatic heterocycles. The van der Waals surface area contributed by atoms with E-state index in [1.54, 1.807) is 18.5 Å². The smallest absolute Gasteiger partial charge is 0.253 e. The Kier molecular flexibility index (Phi) is 3.87. The second kappa shape index (κ2) is 6.42. The van der Waals surface area contributed by atoms with E-state index in [1.165, 1.54) is 0 Å². The van der Waals surface area contributed by atoms with Crippen molar-refractivity contribution >= 4 is 11.7 Å². The Bertz CT molecular complexity index is 1030. The van der Waals surface area contributed by atoms with Crippen LogP contribution < -0.4 is 16.4 Å². The minimum atomic E-state index is -0.0382. The van der Waals surface area contributed by atoms with Crippen LogP contribution in [-0.4, -0.2) is 45.5 Å². The lowest BCUT2D eigenvalue weighted by molar-refractivity contribution is 0.0913. The number of nitrogens with zero attached hydrogens (tertiary/aromatic N) is 3. The number of piperidine rings is 1. The van der Waals surface area contributed by atoms with Crippen LogP contribution in [0.4, 0.5) is 5.82 Å². The molecule has 1 fully saturated rings. The first kappa shape index (κ1) is 16.9. The van der Waals surface area contributed by atoms with Crippen LogP contribution in [0.25, 0.3) is 22.8 Å². The molecule has 0 bridgehead atoms. The fourth-order valence-electron chi connectivity index (χ4n) is 4.14. The van der Waals surface area contributed by atoms with E-state index in [2.05, 4.69) is 30.6 Å². The topological polar surface area (TPSA) is 122 Å². The van der Waals surface area contributed by atoms with Gasteiger partial charge in [0.1, 0.15) is 5.82 Å². The summed E-state index contributed by atoms with van der Waals surface area (Å²) in [6.45, 7) is 2.57. The maximum absolute atomic E-state index is 12.5. The average molecular weight is 375 g/mol. The van der Waals surface area contributed by atoms with Gasteiger partial charge in [0.25, 0.3) is 5.91 Å². The number of fused-ring (bicyclic) bond motifs is 2. The lowest BCUT2D eigenvalue weighted by Crippen LogP contribution is -2.51. The van der Waals surface area contributed by atoms with E-state index in [0.29, 0.717) is 18.2 Å². The Hall–Kier alpha value is -3.26. The van der Waals surface area contributed by atoms with E-state index in [0.717, 1.165) is 54.1 Å². The van der Waals surface area contributed by atoms with Crippen LogP contribution in [0.1, 0.15) is 28.9 Å². The summed E-state index contributed by atoms with van der Waals surface area (Å²) < 4.78 is 0. The predicted molar refractivity (Wildman–Crippen MR) is 106 cm³/mol. The van der Waals surface area contributed by atoms with Crippen molar-refractivity contribution in [3.05, 3.63) is 47.9 Å². The van der Waals surface area contributed by atoms with Gasteiger partial charge in [-0.3, -0.25) is 4.79 Å². The number of aromatic amines is 1. The van der Waals surface area contributed by atoms with Crippen molar-refractivity contribution in [2.75, 3.05) is 25.4 Å². The molecule has 1 saturated heterocycles. The number of anilines is 1. The SMILES string of the molecule is Nc1ccc(-c2nccc(-c3cc4c([nH]3)C3(CCNCC3)CNC4=O)n2)cn1. The summed E-state index contributed by atoms with van der Waals surface area (Å²) in [6.07, 6.45) is 5.36. The molecule has 8 heteroatoms. The van der Waals surface area contributed by atoms with Crippen LogP contribution in [-0.2, 0) is 5.41 Å². The molecule has 3 aromatic heterocycles. The second-order valence-corrected chi connectivity index (χ2v) is 7.42. The number of rotatable bonds is 2. The zero-order valence-corrected chi connectivity index (χ0v) is 15.3. The Labute approximate surface area is 162 Å². The minimum absolute atomic E-state index is 0.0290. The Morgan fingerprint density at radius 1 is 1.11 bits per heavy atom. The van der Waals surface area contributed by atoms with E-state index < -0.39 is 0 Å². The highest BCUT2D eigenvalue weighted by Gasteiger charge is 2.42. The van der Waals surface area contributed by atoms with Gasteiger partial charge in [-0.05, 0) is 50.2 Å². The molecule has 0 radical (unpaired) electrons. The number of carbonyl (C=O) groups excluding carboxylic acids is 1. The number of aromatic nitrogens is 4. The zero-order valence-electron chi connectivity index (χ0n) is 15.3. The van der Waals surface area contributed by atoms with Gasteiger partial charge < -0.3 is 21.4 Å². The Morgan fingerprint density at radius 2 is 1.96 bits per heavy atom. The molecule has 8 nitrogen and oxygen atoms in total. The lowest BCUT2D eigenvalue weighted by Gasteiger charge is -2.40. The summed E-state index contributed by atoms with van der Waals surface area (Å²) in [7, 11) is 0. The number of hydrogen-bond donors (Lipinski definition) is 4. The molecular formula is C20H21N7O. The first-order valence-corrected chi connectivity index (χ1v) is 9.42. The van der Waals surface area contributed by atoms with Crippen molar-refractivity contribution in [1.29, 1.82) is 0 Å². The van der Waals surface area contributed by atoms with Crippen molar-refractivity contribution < 1.29 is 4.79 Å². The summed E-state index contributed by atoms with van der Waals surface area (Å²) in [4.78, 5) is 29.1. The largest absolute Gasteiger partial charge is 0.384 e. The van der Waals surface area contributed by atoms with Gasteiger partial charge >= 0.3 is 0 Å². The summed E-state index contributed by atoms with van der Waals surface area (Å²) in [6, 6.07) is 7.32. The highest BCUT2D eigenvalue weighted by molar-refractivity contribution is 5.98. The highest BCUT2D eigenvalue weighted by Crippen LogP contribution is 2.38. The molecular weight excluding hydrogens is 354 g/mol. The second-order valence-electron chi connectivity index (χ2n) is 7.42. The normalized spacial score (nSPS) is 17.9. The number of pyridine rings is 1. The van der Waals surface area contributed by atoms with E-state index in [4.69, 9.17) is 5.73 Å². The first-order chi connectivity index (χ1) is 13.6. The molecule has 28 heavy (non-hydrogen) atoms. The third-order valence-electron chi connectivity index (χ3n) is 5.72. The number of hydrogen-bond acceptors (Lipinski definition) is 6. The maximum atomic E-state index is 12.5. The van der Waals surface area contributed by atoms with Crippen LogP contribution in [0.15, 0.2) is 36.7 Å². The van der Waals surface area contributed by atoms with Gasteiger partial charge in [0.15, 0.2) is 5.82 Å². The van der Waals surface area contributed by atoms with Crippen molar-refractivity contribution in [1.82, 2.24) is 30.6 Å². The third kappa shape index (κ3) is 2.73. The number of amides is 1.